The molecule has 1 atom stereocenters. The van der Waals surface area contributed by atoms with Gasteiger partial charge in [-0.15, -0.1) is 0 Å². The van der Waals surface area contributed by atoms with Crippen LogP contribution in [0.15, 0.2) is 30.6 Å². The van der Waals surface area contributed by atoms with E-state index in [4.69, 9.17) is 14.2 Å². The number of aryl methyl sites for hydroxylation is 1. The van der Waals surface area contributed by atoms with Gasteiger partial charge < -0.3 is 14.2 Å². The van der Waals surface area contributed by atoms with Crippen LogP contribution in [-0.2, 0) is 24.2 Å². The first-order chi connectivity index (χ1) is 13.2. The summed E-state index contributed by atoms with van der Waals surface area (Å²) in [6.07, 6.45) is 7.22. The Balaban J connectivity index is 1.78. The van der Waals surface area contributed by atoms with E-state index >= 15 is 0 Å². The van der Waals surface area contributed by atoms with Crippen LogP contribution in [0, 0.1) is 0 Å². The highest BCUT2D eigenvalue weighted by Gasteiger charge is 2.21. The third-order valence-electron chi connectivity index (χ3n) is 4.85. The molecular formula is C21H29N3O3. The van der Waals surface area contributed by atoms with Crippen molar-refractivity contribution in [1.29, 1.82) is 0 Å². The fourth-order valence-corrected chi connectivity index (χ4v) is 3.41. The van der Waals surface area contributed by atoms with Gasteiger partial charge in [-0.05, 0) is 31.0 Å². The molecule has 1 fully saturated rings. The van der Waals surface area contributed by atoms with Gasteiger partial charge in [0.15, 0.2) is 0 Å². The molecule has 6 nitrogen and oxygen atoms in total. The molecule has 0 spiro atoms. The molecule has 0 saturated carbocycles. The number of hydrogen-bond acceptors (Lipinski definition) is 6. The van der Waals surface area contributed by atoms with E-state index < -0.39 is 0 Å². The first kappa shape index (κ1) is 19.6. The summed E-state index contributed by atoms with van der Waals surface area (Å²) < 4.78 is 16.8. The second-order valence-electron chi connectivity index (χ2n) is 6.84. The van der Waals surface area contributed by atoms with E-state index in [1.165, 1.54) is 0 Å². The minimum absolute atomic E-state index is 0.275. The third kappa shape index (κ3) is 5.40. The fourth-order valence-electron chi connectivity index (χ4n) is 3.41. The van der Waals surface area contributed by atoms with Crippen molar-refractivity contribution in [3.63, 3.8) is 0 Å². The summed E-state index contributed by atoms with van der Waals surface area (Å²) in [7, 11) is 3.38. The van der Waals surface area contributed by atoms with Crippen LogP contribution in [0.3, 0.4) is 0 Å². The summed E-state index contributed by atoms with van der Waals surface area (Å²) in [5, 5.41) is 0. The minimum atomic E-state index is 0.275. The largest absolute Gasteiger partial charge is 0.497 e. The van der Waals surface area contributed by atoms with Crippen LogP contribution >= 0.6 is 0 Å². The molecule has 0 bridgehead atoms. The Kier molecular flexibility index (Phi) is 7.01. The average molecular weight is 371 g/mol. The van der Waals surface area contributed by atoms with Crippen LogP contribution in [0.4, 0.5) is 0 Å². The molecule has 1 aromatic carbocycles. The molecule has 1 aliphatic heterocycles. The number of benzene rings is 1. The van der Waals surface area contributed by atoms with Crippen LogP contribution in [0.1, 0.15) is 36.7 Å². The van der Waals surface area contributed by atoms with Crippen molar-refractivity contribution >= 4 is 0 Å². The predicted molar refractivity (Wildman–Crippen MR) is 104 cm³/mol. The van der Waals surface area contributed by atoms with Gasteiger partial charge in [-0.3, -0.25) is 4.90 Å². The Morgan fingerprint density at radius 2 is 1.96 bits per heavy atom. The van der Waals surface area contributed by atoms with Crippen molar-refractivity contribution in [3.8, 4) is 11.5 Å². The number of hydrogen-bond donors (Lipinski definition) is 0. The molecule has 146 valence electrons. The topological polar surface area (TPSA) is 56.7 Å². The molecule has 0 N–H and O–H groups in total. The van der Waals surface area contributed by atoms with Crippen LogP contribution in [0.5, 0.6) is 11.5 Å². The minimum Gasteiger partial charge on any atom is -0.497 e. The Labute approximate surface area is 161 Å². The van der Waals surface area contributed by atoms with E-state index in [1.807, 2.05) is 30.6 Å². The van der Waals surface area contributed by atoms with Gasteiger partial charge in [0.1, 0.15) is 17.3 Å². The number of rotatable bonds is 9. The molecular weight excluding hydrogens is 342 g/mol. The summed E-state index contributed by atoms with van der Waals surface area (Å²) >= 11 is 0. The molecule has 1 aliphatic rings. The van der Waals surface area contributed by atoms with Crippen molar-refractivity contribution in [2.45, 2.75) is 45.4 Å². The normalized spacial score (nSPS) is 16.7. The second-order valence-corrected chi connectivity index (χ2v) is 6.84. The van der Waals surface area contributed by atoms with E-state index in [0.717, 1.165) is 74.0 Å². The van der Waals surface area contributed by atoms with Crippen LogP contribution in [-0.4, -0.2) is 48.3 Å². The molecule has 6 heteroatoms. The van der Waals surface area contributed by atoms with Gasteiger partial charge in [0.05, 0.1) is 20.3 Å². The van der Waals surface area contributed by atoms with Crippen molar-refractivity contribution < 1.29 is 14.2 Å². The van der Waals surface area contributed by atoms with Gasteiger partial charge in [-0.25, -0.2) is 9.97 Å². The molecule has 0 unspecified atom stereocenters. The van der Waals surface area contributed by atoms with Gasteiger partial charge in [-0.2, -0.15) is 0 Å². The van der Waals surface area contributed by atoms with Crippen LogP contribution < -0.4 is 9.47 Å². The van der Waals surface area contributed by atoms with Gasteiger partial charge in [0.25, 0.3) is 0 Å². The SMILES string of the molecule is CCc1ncc(CN(Cc2cc(OC)ccc2OC)C[C@@H]2CCCO2)cn1. The number of ether oxygens (including phenoxy) is 3. The Morgan fingerprint density at radius 3 is 2.59 bits per heavy atom. The maximum absolute atomic E-state index is 5.87. The lowest BCUT2D eigenvalue weighted by Gasteiger charge is -2.26. The van der Waals surface area contributed by atoms with Crippen molar-refractivity contribution in [2.24, 2.45) is 0 Å². The number of aromatic nitrogens is 2. The van der Waals surface area contributed by atoms with E-state index in [9.17, 15) is 0 Å². The van der Waals surface area contributed by atoms with E-state index in [1.54, 1.807) is 14.2 Å². The Morgan fingerprint density at radius 1 is 1.15 bits per heavy atom. The smallest absolute Gasteiger partial charge is 0.127 e. The zero-order chi connectivity index (χ0) is 19.1. The molecule has 0 amide bonds. The van der Waals surface area contributed by atoms with Crippen molar-refractivity contribution in [2.75, 3.05) is 27.4 Å². The molecule has 0 radical (unpaired) electrons. The van der Waals surface area contributed by atoms with Crippen LogP contribution in [0.25, 0.3) is 0 Å². The zero-order valence-corrected chi connectivity index (χ0v) is 16.5. The Bertz CT molecular complexity index is 715. The molecule has 2 heterocycles. The molecule has 27 heavy (non-hydrogen) atoms. The van der Waals surface area contributed by atoms with Gasteiger partial charge in [0.2, 0.25) is 0 Å². The Hall–Kier alpha value is -2.18. The molecule has 0 aliphatic carbocycles. The molecule has 3 rings (SSSR count). The van der Waals surface area contributed by atoms with Crippen LogP contribution in [0.2, 0.25) is 0 Å². The molecule has 2 aromatic rings. The summed E-state index contributed by atoms with van der Waals surface area (Å²) in [6.45, 7) is 5.30. The number of methoxy groups -OCH3 is 2. The molecule has 1 saturated heterocycles. The average Bonchev–Trinajstić information content (AvgIpc) is 3.21. The van der Waals surface area contributed by atoms with Gasteiger partial charge >= 0.3 is 0 Å². The third-order valence-corrected chi connectivity index (χ3v) is 4.85. The number of nitrogens with zero attached hydrogens (tertiary/aromatic N) is 3. The highest BCUT2D eigenvalue weighted by Crippen LogP contribution is 2.26. The van der Waals surface area contributed by atoms with Gasteiger partial charge in [0, 0.05) is 56.2 Å². The highest BCUT2D eigenvalue weighted by molar-refractivity contribution is 5.40. The van der Waals surface area contributed by atoms with E-state index in [-0.39, 0.29) is 6.10 Å². The van der Waals surface area contributed by atoms with E-state index in [0.29, 0.717) is 0 Å². The quantitative estimate of drug-likeness (QED) is 0.674. The first-order valence-electron chi connectivity index (χ1n) is 9.56. The van der Waals surface area contributed by atoms with E-state index in [2.05, 4.69) is 21.8 Å². The molecule has 1 aromatic heterocycles. The summed E-state index contributed by atoms with van der Waals surface area (Å²) in [4.78, 5) is 11.2. The standard InChI is InChI=1S/C21H29N3O3/c1-4-21-22-11-16(12-23-21)13-24(15-19-6-5-9-27-19)14-17-10-18(25-2)7-8-20(17)26-3/h7-8,10-12,19H,4-6,9,13-15H2,1-3H3/t19-/m0/s1. The van der Waals surface area contributed by atoms with Crippen molar-refractivity contribution in [1.82, 2.24) is 14.9 Å². The zero-order valence-electron chi connectivity index (χ0n) is 16.5. The monoisotopic (exact) mass is 371 g/mol. The maximum Gasteiger partial charge on any atom is 0.127 e. The van der Waals surface area contributed by atoms with Gasteiger partial charge in [-0.1, -0.05) is 6.92 Å². The lowest BCUT2D eigenvalue weighted by molar-refractivity contribution is 0.0675. The summed E-state index contributed by atoms with van der Waals surface area (Å²) in [5.74, 6) is 2.57. The van der Waals surface area contributed by atoms with Crippen molar-refractivity contribution in [3.05, 3.63) is 47.5 Å². The summed E-state index contributed by atoms with van der Waals surface area (Å²) in [5.41, 5.74) is 2.20. The lowest BCUT2D eigenvalue weighted by atomic mass is 10.1. The second kappa shape index (κ2) is 9.67. The highest BCUT2D eigenvalue weighted by atomic mass is 16.5. The summed E-state index contributed by atoms with van der Waals surface area (Å²) in [6, 6.07) is 5.92. The first-order valence-corrected chi connectivity index (χ1v) is 9.56. The lowest BCUT2D eigenvalue weighted by Crippen LogP contribution is -2.31. The maximum atomic E-state index is 5.87. The fraction of sp³-hybridized carbons (Fsp3) is 0.524. The predicted octanol–water partition coefficient (Wildman–Crippen LogP) is 3.24.